The van der Waals surface area contributed by atoms with Crippen molar-refractivity contribution in [3.05, 3.63) is 35.4 Å². The fourth-order valence-electron chi connectivity index (χ4n) is 1.45. The van der Waals surface area contributed by atoms with Gasteiger partial charge < -0.3 is 10.4 Å². The van der Waals surface area contributed by atoms with Crippen molar-refractivity contribution in [3.63, 3.8) is 0 Å². The van der Waals surface area contributed by atoms with Crippen molar-refractivity contribution >= 4 is 5.97 Å². The summed E-state index contributed by atoms with van der Waals surface area (Å²) in [7, 11) is 1.65. The Morgan fingerprint density at radius 1 is 1.40 bits per heavy atom. The SMILES string of the molecule is CCc1ccc([C@](C)(NC)C(=O)O)cc1. The van der Waals surface area contributed by atoms with E-state index in [1.807, 2.05) is 24.3 Å². The van der Waals surface area contributed by atoms with E-state index in [0.717, 1.165) is 12.0 Å². The lowest BCUT2D eigenvalue weighted by Gasteiger charge is -2.24. The highest BCUT2D eigenvalue weighted by Gasteiger charge is 2.32. The highest BCUT2D eigenvalue weighted by molar-refractivity contribution is 5.80. The summed E-state index contributed by atoms with van der Waals surface area (Å²) in [6.45, 7) is 3.74. The predicted octanol–water partition coefficient (Wildman–Crippen LogP) is 1.77. The summed E-state index contributed by atoms with van der Waals surface area (Å²) in [4.78, 5) is 11.1. The molecule has 0 saturated heterocycles. The first kappa shape index (κ1) is 11.7. The van der Waals surface area contributed by atoms with Crippen LogP contribution in [0.25, 0.3) is 0 Å². The zero-order valence-electron chi connectivity index (χ0n) is 9.37. The van der Waals surface area contributed by atoms with Crippen LogP contribution in [-0.4, -0.2) is 18.1 Å². The second kappa shape index (κ2) is 4.45. The van der Waals surface area contributed by atoms with E-state index < -0.39 is 11.5 Å². The van der Waals surface area contributed by atoms with Crippen LogP contribution in [0.15, 0.2) is 24.3 Å². The van der Waals surface area contributed by atoms with Gasteiger partial charge in [-0.3, -0.25) is 0 Å². The van der Waals surface area contributed by atoms with Gasteiger partial charge in [0.1, 0.15) is 5.54 Å². The maximum absolute atomic E-state index is 11.1. The molecule has 0 saturated carbocycles. The molecule has 0 aromatic heterocycles. The maximum Gasteiger partial charge on any atom is 0.328 e. The van der Waals surface area contributed by atoms with Crippen LogP contribution < -0.4 is 5.32 Å². The zero-order chi connectivity index (χ0) is 11.5. The van der Waals surface area contributed by atoms with Crippen LogP contribution in [0.2, 0.25) is 0 Å². The molecule has 0 amide bonds. The van der Waals surface area contributed by atoms with Gasteiger partial charge in [0.15, 0.2) is 0 Å². The first-order valence-corrected chi connectivity index (χ1v) is 5.06. The van der Waals surface area contributed by atoms with Crippen LogP contribution in [0.3, 0.4) is 0 Å². The average Bonchev–Trinajstić information content (AvgIpc) is 2.28. The molecule has 0 unspecified atom stereocenters. The van der Waals surface area contributed by atoms with Gasteiger partial charge in [0.25, 0.3) is 0 Å². The summed E-state index contributed by atoms with van der Waals surface area (Å²) in [6.07, 6.45) is 0.962. The second-order valence-electron chi connectivity index (χ2n) is 3.73. The van der Waals surface area contributed by atoms with E-state index in [2.05, 4.69) is 12.2 Å². The van der Waals surface area contributed by atoms with Crippen LogP contribution in [0.1, 0.15) is 25.0 Å². The Balaban J connectivity index is 3.08. The lowest BCUT2D eigenvalue weighted by molar-refractivity contribution is -0.144. The van der Waals surface area contributed by atoms with Gasteiger partial charge in [0, 0.05) is 0 Å². The summed E-state index contributed by atoms with van der Waals surface area (Å²) in [6, 6.07) is 7.66. The minimum atomic E-state index is -1.01. The van der Waals surface area contributed by atoms with Gasteiger partial charge in [0.2, 0.25) is 0 Å². The molecule has 15 heavy (non-hydrogen) atoms. The summed E-state index contributed by atoms with van der Waals surface area (Å²) in [5, 5.41) is 12.0. The molecule has 0 fully saturated rings. The van der Waals surface area contributed by atoms with Gasteiger partial charge in [-0.2, -0.15) is 0 Å². The number of aliphatic carboxylic acids is 1. The van der Waals surface area contributed by atoms with E-state index in [-0.39, 0.29) is 0 Å². The largest absolute Gasteiger partial charge is 0.480 e. The number of carbonyl (C=O) groups is 1. The van der Waals surface area contributed by atoms with E-state index in [1.165, 1.54) is 5.56 Å². The smallest absolute Gasteiger partial charge is 0.328 e. The number of carboxylic acids is 1. The average molecular weight is 207 g/mol. The fraction of sp³-hybridized carbons (Fsp3) is 0.417. The number of hydrogen-bond acceptors (Lipinski definition) is 2. The number of hydrogen-bond donors (Lipinski definition) is 2. The van der Waals surface area contributed by atoms with Gasteiger partial charge in [-0.1, -0.05) is 31.2 Å². The summed E-state index contributed by atoms with van der Waals surface area (Å²) in [5.74, 6) is -0.866. The number of benzene rings is 1. The third-order valence-corrected chi connectivity index (χ3v) is 2.87. The summed E-state index contributed by atoms with van der Waals surface area (Å²) >= 11 is 0. The first-order valence-electron chi connectivity index (χ1n) is 5.06. The number of nitrogens with one attached hydrogen (secondary N) is 1. The van der Waals surface area contributed by atoms with Crippen LogP contribution >= 0.6 is 0 Å². The van der Waals surface area contributed by atoms with Gasteiger partial charge in [-0.25, -0.2) is 4.79 Å². The molecule has 0 heterocycles. The van der Waals surface area contributed by atoms with Crippen LogP contribution in [0.4, 0.5) is 0 Å². The van der Waals surface area contributed by atoms with E-state index in [1.54, 1.807) is 14.0 Å². The van der Waals surface area contributed by atoms with Crippen molar-refractivity contribution in [1.82, 2.24) is 5.32 Å². The van der Waals surface area contributed by atoms with E-state index >= 15 is 0 Å². The molecule has 0 aliphatic rings. The lowest BCUT2D eigenvalue weighted by Crippen LogP contribution is -2.44. The van der Waals surface area contributed by atoms with Crippen molar-refractivity contribution in [2.45, 2.75) is 25.8 Å². The number of carboxylic acid groups (broad SMARTS) is 1. The Labute approximate surface area is 90.1 Å². The number of aryl methyl sites for hydroxylation is 1. The van der Waals surface area contributed by atoms with Gasteiger partial charge >= 0.3 is 5.97 Å². The summed E-state index contributed by atoms with van der Waals surface area (Å²) in [5.41, 5.74) is 0.976. The molecule has 3 heteroatoms. The van der Waals surface area contributed by atoms with E-state index in [0.29, 0.717) is 0 Å². The maximum atomic E-state index is 11.1. The van der Waals surface area contributed by atoms with Crippen molar-refractivity contribution in [2.75, 3.05) is 7.05 Å². The molecule has 0 aliphatic carbocycles. The predicted molar refractivity (Wildman–Crippen MR) is 59.9 cm³/mol. The molecule has 2 N–H and O–H groups in total. The van der Waals surface area contributed by atoms with Crippen LogP contribution in [0.5, 0.6) is 0 Å². The molecule has 1 atom stereocenters. The van der Waals surface area contributed by atoms with Gasteiger partial charge in [0.05, 0.1) is 0 Å². The Kier molecular flexibility index (Phi) is 3.48. The second-order valence-corrected chi connectivity index (χ2v) is 3.73. The molecule has 3 nitrogen and oxygen atoms in total. The van der Waals surface area contributed by atoms with Crippen LogP contribution in [-0.2, 0) is 16.8 Å². The van der Waals surface area contributed by atoms with E-state index in [9.17, 15) is 4.79 Å². The molecule has 1 rings (SSSR count). The van der Waals surface area contributed by atoms with E-state index in [4.69, 9.17) is 5.11 Å². The molecule has 0 spiro atoms. The third kappa shape index (κ3) is 2.18. The quantitative estimate of drug-likeness (QED) is 0.791. The fourth-order valence-corrected chi connectivity index (χ4v) is 1.45. The topological polar surface area (TPSA) is 49.3 Å². The molecule has 82 valence electrons. The summed E-state index contributed by atoms with van der Waals surface area (Å²) < 4.78 is 0. The van der Waals surface area contributed by atoms with Crippen molar-refractivity contribution < 1.29 is 9.90 Å². The molecular formula is C12H17NO2. The molecular weight excluding hydrogens is 190 g/mol. The molecule has 0 radical (unpaired) electrons. The van der Waals surface area contributed by atoms with Crippen molar-refractivity contribution in [1.29, 1.82) is 0 Å². The standard InChI is InChI=1S/C12H17NO2/c1-4-9-5-7-10(8-6-9)12(2,13-3)11(14)15/h5-8,13H,4H2,1-3H3,(H,14,15)/t12-/m0/s1. The van der Waals surface area contributed by atoms with Crippen molar-refractivity contribution in [2.24, 2.45) is 0 Å². The van der Waals surface area contributed by atoms with Gasteiger partial charge in [-0.15, -0.1) is 0 Å². The lowest BCUT2D eigenvalue weighted by atomic mass is 9.91. The highest BCUT2D eigenvalue weighted by Crippen LogP contribution is 2.21. The van der Waals surface area contributed by atoms with Crippen LogP contribution in [0, 0.1) is 0 Å². The minimum absolute atomic E-state index is 0.773. The minimum Gasteiger partial charge on any atom is -0.480 e. The third-order valence-electron chi connectivity index (χ3n) is 2.87. The Morgan fingerprint density at radius 2 is 1.93 bits per heavy atom. The molecule has 1 aromatic carbocycles. The highest BCUT2D eigenvalue weighted by atomic mass is 16.4. The zero-order valence-corrected chi connectivity index (χ0v) is 9.37. The normalized spacial score (nSPS) is 14.6. The number of rotatable bonds is 4. The molecule has 0 bridgehead atoms. The van der Waals surface area contributed by atoms with Crippen molar-refractivity contribution in [3.8, 4) is 0 Å². The first-order chi connectivity index (χ1) is 7.04. The monoisotopic (exact) mass is 207 g/mol. The van der Waals surface area contributed by atoms with Gasteiger partial charge in [-0.05, 0) is 31.5 Å². The molecule has 0 aliphatic heterocycles. The Hall–Kier alpha value is -1.35. The number of likely N-dealkylation sites (N-methyl/N-ethyl adjacent to an activating group) is 1. The Morgan fingerprint density at radius 3 is 2.27 bits per heavy atom. The molecule has 1 aromatic rings. The Bertz CT molecular complexity index is 345.